The summed E-state index contributed by atoms with van der Waals surface area (Å²) in [4.78, 5) is 34.1. The van der Waals surface area contributed by atoms with E-state index in [4.69, 9.17) is 21.1 Å². The fourth-order valence-electron chi connectivity index (χ4n) is 4.81. The Hall–Kier alpha value is -3.63. The normalized spacial score (nSPS) is 21.3. The van der Waals surface area contributed by atoms with Gasteiger partial charge >= 0.3 is 6.09 Å². The number of carbonyl (C=O) groups is 2. The van der Waals surface area contributed by atoms with Crippen LogP contribution < -0.4 is 5.32 Å². The van der Waals surface area contributed by atoms with Crippen molar-refractivity contribution in [3.63, 3.8) is 0 Å². The average Bonchev–Trinajstić information content (AvgIpc) is 3.69. The minimum atomic E-state index is -1.67. The van der Waals surface area contributed by atoms with Crippen LogP contribution in [-0.4, -0.2) is 65.6 Å². The molecule has 2 aromatic rings. The molecule has 1 aliphatic heterocycles. The van der Waals surface area contributed by atoms with Gasteiger partial charge in [-0.15, -0.1) is 4.99 Å². The van der Waals surface area contributed by atoms with Crippen molar-refractivity contribution in [2.75, 3.05) is 20.7 Å². The van der Waals surface area contributed by atoms with Crippen LogP contribution in [0.5, 0.6) is 0 Å². The number of rotatable bonds is 8. The van der Waals surface area contributed by atoms with E-state index in [1.165, 1.54) is 17.0 Å². The number of hydrogen-bond donors (Lipinski definition) is 2. The highest BCUT2D eigenvalue weighted by molar-refractivity contribution is 6.31. The summed E-state index contributed by atoms with van der Waals surface area (Å²) < 4.78 is 40.0. The van der Waals surface area contributed by atoms with Gasteiger partial charge in [-0.1, -0.05) is 17.7 Å². The predicted octanol–water partition coefficient (Wildman–Crippen LogP) is 4.41. The SMILES string of the molecule is CN(C)C(O)OC[C@H](c1ccc(Cl)c(C#N)c1)N1C(=O)C(c2cc(F)cc(F)c2)(C2CC2)N/C1=N\C(=O)OC(C)(C)C. The maximum atomic E-state index is 14.6. The molecule has 42 heavy (non-hydrogen) atoms. The minimum Gasteiger partial charge on any atom is -0.442 e. The summed E-state index contributed by atoms with van der Waals surface area (Å²) in [6.07, 6.45) is -1.27. The summed E-state index contributed by atoms with van der Waals surface area (Å²) in [7, 11) is 3.15. The third kappa shape index (κ3) is 6.55. The van der Waals surface area contributed by atoms with E-state index in [0.29, 0.717) is 24.5 Å². The molecular weight excluding hydrogens is 572 g/mol. The van der Waals surface area contributed by atoms with Crippen molar-refractivity contribution in [1.29, 1.82) is 5.26 Å². The lowest BCUT2D eigenvalue weighted by Crippen LogP contribution is -2.47. The monoisotopic (exact) mass is 603 g/mol. The van der Waals surface area contributed by atoms with Crippen molar-refractivity contribution in [3.8, 4) is 6.07 Å². The van der Waals surface area contributed by atoms with E-state index in [0.717, 1.165) is 17.0 Å². The first-order valence-corrected chi connectivity index (χ1v) is 13.6. The van der Waals surface area contributed by atoms with Gasteiger partial charge in [-0.2, -0.15) is 5.26 Å². The van der Waals surface area contributed by atoms with E-state index < -0.39 is 47.2 Å². The number of benzene rings is 2. The van der Waals surface area contributed by atoms with Crippen LogP contribution in [0.25, 0.3) is 0 Å². The summed E-state index contributed by atoms with van der Waals surface area (Å²) in [6.45, 7) is 4.62. The van der Waals surface area contributed by atoms with E-state index in [-0.39, 0.29) is 34.6 Å². The molecule has 13 heteroatoms. The standard InChI is InChI=1S/C29H32ClF2N5O5/c1-28(2,3)42-26(39)34-25-35-29(18-7-8-18,19-11-20(31)13-21(32)12-19)24(38)37(25)23(15-41-27(40)36(4)5)16-6-9-22(30)17(10-16)14-33/h6,9-13,18,23,27,40H,7-8,15H2,1-5H3,(H,34,35,39)/t23-,27?,29?/m1/s1. The summed E-state index contributed by atoms with van der Waals surface area (Å²) in [6, 6.07) is 8.24. The zero-order valence-corrected chi connectivity index (χ0v) is 24.6. The molecule has 4 rings (SSSR count). The van der Waals surface area contributed by atoms with Gasteiger partial charge in [0.2, 0.25) is 12.4 Å². The number of carbonyl (C=O) groups excluding carboxylic acids is 2. The number of guanidine groups is 1. The first-order valence-electron chi connectivity index (χ1n) is 13.2. The lowest BCUT2D eigenvalue weighted by molar-refractivity contribution is -0.185. The minimum absolute atomic E-state index is 0.0219. The molecule has 1 saturated carbocycles. The molecule has 0 radical (unpaired) electrons. The number of aliphatic hydroxyl groups excluding tert-OH is 1. The number of hydrogen-bond acceptors (Lipinski definition) is 7. The first-order chi connectivity index (χ1) is 19.7. The Bertz CT molecular complexity index is 1430. The van der Waals surface area contributed by atoms with Crippen molar-refractivity contribution in [2.24, 2.45) is 10.9 Å². The molecule has 1 saturated heterocycles. The average molecular weight is 604 g/mol. The maximum absolute atomic E-state index is 14.6. The molecule has 2 aromatic carbocycles. The Morgan fingerprint density at radius 2 is 1.90 bits per heavy atom. The van der Waals surface area contributed by atoms with Gasteiger partial charge < -0.3 is 19.9 Å². The largest absolute Gasteiger partial charge is 0.442 e. The molecule has 2 N–H and O–H groups in total. The molecule has 0 aromatic heterocycles. The van der Waals surface area contributed by atoms with E-state index in [2.05, 4.69) is 10.3 Å². The summed E-state index contributed by atoms with van der Waals surface area (Å²) in [5, 5.41) is 23.2. The van der Waals surface area contributed by atoms with Crippen molar-refractivity contribution in [3.05, 3.63) is 69.7 Å². The predicted molar refractivity (Wildman–Crippen MR) is 149 cm³/mol. The third-order valence-corrected chi connectivity index (χ3v) is 7.17. The maximum Gasteiger partial charge on any atom is 0.437 e. The third-order valence-electron chi connectivity index (χ3n) is 6.84. The van der Waals surface area contributed by atoms with E-state index in [1.54, 1.807) is 40.9 Å². The first kappa shape index (κ1) is 31.3. The number of amides is 2. The zero-order chi connectivity index (χ0) is 31.0. The van der Waals surface area contributed by atoms with Crippen LogP contribution >= 0.6 is 11.6 Å². The molecular formula is C29H32ClF2N5O5. The molecule has 1 aliphatic carbocycles. The Morgan fingerprint density at radius 3 is 2.45 bits per heavy atom. The van der Waals surface area contributed by atoms with Crippen molar-refractivity contribution >= 4 is 29.6 Å². The lowest BCUT2D eigenvalue weighted by Gasteiger charge is -2.31. The Morgan fingerprint density at radius 1 is 1.26 bits per heavy atom. The molecule has 10 nitrogen and oxygen atoms in total. The van der Waals surface area contributed by atoms with Crippen LogP contribution in [-0.2, 0) is 19.8 Å². The molecule has 2 aliphatic rings. The van der Waals surface area contributed by atoms with Crippen LogP contribution in [0, 0.1) is 28.9 Å². The zero-order valence-electron chi connectivity index (χ0n) is 23.8. The molecule has 0 spiro atoms. The Balaban J connectivity index is 1.91. The van der Waals surface area contributed by atoms with E-state index >= 15 is 0 Å². The van der Waals surface area contributed by atoms with Crippen molar-refractivity contribution in [1.82, 2.24) is 15.1 Å². The fourth-order valence-corrected chi connectivity index (χ4v) is 4.97. The second-order valence-corrected chi connectivity index (χ2v) is 11.9. The summed E-state index contributed by atoms with van der Waals surface area (Å²) in [5.74, 6) is -3.04. The smallest absolute Gasteiger partial charge is 0.437 e. The highest BCUT2D eigenvalue weighted by Gasteiger charge is 2.61. The summed E-state index contributed by atoms with van der Waals surface area (Å²) in [5.41, 5.74) is -2.09. The second-order valence-electron chi connectivity index (χ2n) is 11.4. The number of ether oxygens (including phenoxy) is 2. The Kier molecular flexibility index (Phi) is 8.89. The fraction of sp³-hybridized carbons (Fsp3) is 0.448. The quantitative estimate of drug-likeness (QED) is 0.425. The number of aliphatic imine (C=N–C) groups is 1. The van der Waals surface area contributed by atoms with Crippen LogP contribution in [0.1, 0.15) is 56.3 Å². The van der Waals surface area contributed by atoms with Gasteiger partial charge in [-0.25, -0.2) is 13.6 Å². The topological polar surface area (TPSA) is 127 Å². The number of aliphatic hydroxyl groups is 1. The number of halogens is 3. The van der Waals surface area contributed by atoms with Crippen LogP contribution in [0.3, 0.4) is 0 Å². The van der Waals surface area contributed by atoms with Gasteiger partial charge in [-0.3, -0.25) is 14.6 Å². The highest BCUT2D eigenvalue weighted by Crippen LogP contribution is 2.50. The number of nitrogens with zero attached hydrogens (tertiary/aromatic N) is 4. The lowest BCUT2D eigenvalue weighted by atomic mass is 9.84. The number of nitriles is 1. The molecule has 2 fully saturated rings. The molecule has 0 bridgehead atoms. The van der Waals surface area contributed by atoms with Crippen molar-refractivity contribution < 1.29 is 33.0 Å². The van der Waals surface area contributed by atoms with E-state index in [9.17, 15) is 28.7 Å². The Labute approximate surface area is 247 Å². The van der Waals surface area contributed by atoms with E-state index in [1.807, 2.05) is 6.07 Å². The highest BCUT2D eigenvalue weighted by atomic mass is 35.5. The molecule has 3 atom stereocenters. The molecule has 2 amide bonds. The van der Waals surface area contributed by atoms with Crippen LogP contribution in [0.15, 0.2) is 41.4 Å². The van der Waals surface area contributed by atoms with Crippen LogP contribution in [0.2, 0.25) is 5.02 Å². The van der Waals surface area contributed by atoms with Gasteiger partial charge in [0, 0.05) is 6.07 Å². The van der Waals surface area contributed by atoms with Gasteiger partial charge in [0.15, 0.2) is 0 Å². The summed E-state index contributed by atoms with van der Waals surface area (Å²) >= 11 is 6.17. The second kappa shape index (κ2) is 11.9. The van der Waals surface area contributed by atoms with Gasteiger partial charge in [-0.05, 0) is 89.0 Å². The van der Waals surface area contributed by atoms with Gasteiger partial charge in [0.25, 0.3) is 5.91 Å². The number of nitrogens with one attached hydrogen (secondary N) is 1. The molecule has 2 unspecified atom stereocenters. The van der Waals surface area contributed by atoms with Crippen molar-refractivity contribution in [2.45, 2.75) is 57.2 Å². The molecule has 1 heterocycles. The molecule has 224 valence electrons. The van der Waals surface area contributed by atoms with Gasteiger partial charge in [0.05, 0.1) is 23.2 Å². The van der Waals surface area contributed by atoms with Crippen LogP contribution in [0.4, 0.5) is 13.6 Å². The van der Waals surface area contributed by atoms with Gasteiger partial charge in [0.1, 0.15) is 28.8 Å².